The molecule has 0 bridgehead atoms. The molecule has 0 aromatic heterocycles. The van der Waals surface area contributed by atoms with E-state index < -0.39 is 0 Å². The molecule has 108 valence electrons. The number of hydrogen-bond donors (Lipinski definition) is 0. The predicted molar refractivity (Wildman–Crippen MR) is 75.1 cm³/mol. The molecule has 3 aliphatic rings. The van der Waals surface area contributed by atoms with E-state index in [4.69, 9.17) is 9.47 Å². The van der Waals surface area contributed by atoms with Crippen LogP contribution in [0.5, 0.6) is 0 Å². The Labute approximate surface area is 119 Å². The van der Waals surface area contributed by atoms with Gasteiger partial charge >= 0.3 is 0 Å². The van der Waals surface area contributed by atoms with Gasteiger partial charge in [0.1, 0.15) is 0 Å². The van der Waals surface area contributed by atoms with Crippen LogP contribution in [-0.2, 0) is 14.3 Å². The zero-order valence-corrected chi connectivity index (χ0v) is 12.2. The largest absolute Gasteiger partial charge is 0.352 e. The van der Waals surface area contributed by atoms with Crippen molar-refractivity contribution in [1.29, 1.82) is 0 Å². The van der Waals surface area contributed by atoms with Crippen LogP contribution in [0.15, 0.2) is 0 Å². The van der Waals surface area contributed by atoms with Gasteiger partial charge in [0.05, 0.1) is 19.6 Å². The first-order chi connectivity index (χ1) is 9.34. The first-order valence-corrected chi connectivity index (χ1v) is 8.54. The summed E-state index contributed by atoms with van der Waals surface area (Å²) in [7, 11) is 0. The summed E-state index contributed by atoms with van der Waals surface area (Å²) in [4.78, 5) is 14.6. The van der Waals surface area contributed by atoms with Crippen LogP contribution < -0.4 is 0 Å². The highest BCUT2D eigenvalue weighted by Gasteiger charge is 2.37. The van der Waals surface area contributed by atoms with Gasteiger partial charge in [0.2, 0.25) is 5.91 Å². The minimum atomic E-state index is -0.308. The zero-order valence-electron chi connectivity index (χ0n) is 11.4. The van der Waals surface area contributed by atoms with Crippen LogP contribution in [0.3, 0.4) is 0 Å². The number of fused-ring (bicyclic) bond motifs is 1. The summed E-state index contributed by atoms with van der Waals surface area (Å²) in [5, 5.41) is 0.666. The van der Waals surface area contributed by atoms with Crippen molar-refractivity contribution in [2.75, 3.05) is 25.5 Å². The molecule has 0 aromatic carbocycles. The molecule has 2 aliphatic heterocycles. The molecule has 0 aromatic rings. The molecule has 0 spiro atoms. The molecule has 2 heterocycles. The van der Waals surface area contributed by atoms with Gasteiger partial charge in [-0.05, 0) is 19.3 Å². The number of carbonyl (C=O) groups excluding carboxylic acids is 1. The minimum Gasteiger partial charge on any atom is -0.352 e. The maximum atomic E-state index is 12.5. The molecular weight excluding hydrogens is 262 g/mol. The molecule has 4 nitrogen and oxygen atoms in total. The molecule has 3 rings (SSSR count). The van der Waals surface area contributed by atoms with Crippen molar-refractivity contribution in [3.63, 3.8) is 0 Å². The number of carbonyl (C=O) groups is 1. The van der Waals surface area contributed by atoms with E-state index in [1.165, 1.54) is 25.7 Å². The summed E-state index contributed by atoms with van der Waals surface area (Å²) < 4.78 is 11.0. The summed E-state index contributed by atoms with van der Waals surface area (Å²) >= 11 is 2.06. The monoisotopic (exact) mass is 285 g/mol. The fraction of sp³-hybridized carbons (Fsp3) is 0.929. The van der Waals surface area contributed by atoms with Crippen molar-refractivity contribution in [3.8, 4) is 0 Å². The van der Waals surface area contributed by atoms with Crippen molar-refractivity contribution < 1.29 is 14.3 Å². The normalized spacial score (nSPS) is 32.9. The van der Waals surface area contributed by atoms with E-state index in [0.29, 0.717) is 17.7 Å². The van der Waals surface area contributed by atoms with Crippen LogP contribution in [-0.4, -0.2) is 53.9 Å². The van der Waals surface area contributed by atoms with E-state index in [-0.39, 0.29) is 12.2 Å². The highest BCUT2D eigenvalue weighted by atomic mass is 32.2. The quantitative estimate of drug-likeness (QED) is 0.778. The lowest BCUT2D eigenvalue weighted by molar-refractivity contribution is -0.187. The number of rotatable bonds is 2. The van der Waals surface area contributed by atoms with Gasteiger partial charge in [-0.25, -0.2) is 0 Å². The second-order valence-corrected chi connectivity index (χ2v) is 6.92. The smallest absolute Gasteiger partial charge is 0.228 e. The van der Waals surface area contributed by atoms with E-state index in [1.54, 1.807) is 0 Å². The Bertz CT molecular complexity index is 318. The van der Waals surface area contributed by atoms with E-state index in [1.807, 2.05) is 0 Å². The SMILES string of the molecule is O=C(CC1OCCCO1)N1CCS[C@@H]2CCCC[C@@H]21. The third kappa shape index (κ3) is 3.26. The fourth-order valence-electron chi connectivity index (χ4n) is 3.32. The summed E-state index contributed by atoms with van der Waals surface area (Å²) in [6.45, 7) is 2.34. The minimum absolute atomic E-state index is 0.226. The van der Waals surface area contributed by atoms with Crippen LogP contribution in [0, 0.1) is 0 Å². The molecule has 1 amide bonds. The first kappa shape index (κ1) is 13.7. The van der Waals surface area contributed by atoms with Crippen molar-refractivity contribution >= 4 is 17.7 Å². The van der Waals surface area contributed by atoms with E-state index in [2.05, 4.69) is 16.7 Å². The van der Waals surface area contributed by atoms with Crippen LogP contribution in [0.25, 0.3) is 0 Å². The number of ether oxygens (including phenoxy) is 2. The van der Waals surface area contributed by atoms with Gasteiger partial charge in [-0.3, -0.25) is 4.79 Å². The third-order valence-electron chi connectivity index (χ3n) is 4.29. The topological polar surface area (TPSA) is 38.8 Å². The van der Waals surface area contributed by atoms with Crippen molar-refractivity contribution in [3.05, 3.63) is 0 Å². The lowest BCUT2D eigenvalue weighted by Crippen LogP contribution is -2.52. The Kier molecular flexibility index (Phi) is 4.66. The molecule has 3 fully saturated rings. The van der Waals surface area contributed by atoms with Gasteiger partial charge in [-0.2, -0.15) is 11.8 Å². The first-order valence-electron chi connectivity index (χ1n) is 7.49. The lowest BCUT2D eigenvalue weighted by Gasteiger charge is -2.44. The Balaban J connectivity index is 1.58. The summed E-state index contributed by atoms with van der Waals surface area (Å²) in [6, 6.07) is 0.462. The van der Waals surface area contributed by atoms with Crippen LogP contribution in [0.2, 0.25) is 0 Å². The second-order valence-electron chi connectivity index (χ2n) is 5.58. The number of hydrogen-bond acceptors (Lipinski definition) is 4. The van der Waals surface area contributed by atoms with E-state index >= 15 is 0 Å². The molecule has 19 heavy (non-hydrogen) atoms. The van der Waals surface area contributed by atoms with Crippen LogP contribution >= 0.6 is 11.8 Å². The van der Waals surface area contributed by atoms with Crippen LogP contribution in [0.4, 0.5) is 0 Å². The second kappa shape index (κ2) is 6.46. The number of amides is 1. The summed E-state index contributed by atoms with van der Waals surface area (Å²) in [6.07, 6.45) is 6.07. The van der Waals surface area contributed by atoms with Crippen molar-refractivity contribution in [2.45, 2.75) is 56.1 Å². The van der Waals surface area contributed by atoms with Gasteiger partial charge in [0.15, 0.2) is 6.29 Å². The Morgan fingerprint density at radius 1 is 1.16 bits per heavy atom. The molecule has 0 unspecified atom stereocenters. The zero-order chi connectivity index (χ0) is 13.1. The fourth-order valence-corrected chi connectivity index (χ4v) is 4.76. The molecular formula is C14H23NO3S. The third-order valence-corrected chi connectivity index (χ3v) is 5.69. The highest BCUT2D eigenvalue weighted by Crippen LogP contribution is 2.35. The van der Waals surface area contributed by atoms with Gasteiger partial charge in [0.25, 0.3) is 0 Å². The van der Waals surface area contributed by atoms with Crippen LogP contribution in [0.1, 0.15) is 38.5 Å². The van der Waals surface area contributed by atoms with E-state index in [0.717, 1.165) is 31.9 Å². The summed E-state index contributed by atoms with van der Waals surface area (Å²) in [5.74, 6) is 1.31. The molecule has 2 atom stereocenters. The Morgan fingerprint density at radius 2 is 1.95 bits per heavy atom. The van der Waals surface area contributed by atoms with E-state index in [9.17, 15) is 4.79 Å². The number of nitrogens with zero attached hydrogens (tertiary/aromatic N) is 1. The molecule has 5 heteroatoms. The summed E-state index contributed by atoms with van der Waals surface area (Å²) in [5.41, 5.74) is 0. The Hall–Kier alpha value is -0.260. The van der Waals surface area contributed by atoms with Gasteiger partial charge in [0, 0.05) is 23.6 Å². The van der Waals surface area contributed by atoms with Gasteiger partial charge in [-0.15, -0.1) is 0 Å². The standard InChI is InChI=1S/C14H23NO3S/c16-13(10-14-17-7-3-8-18-14)15-6-9-19-12-5-2-1-4-11(12)15/h11-12,14H,1-10H2/t11-,12+/m0/s1. The average Bonchev–Trinajstić information content (AvgIpc) is 2.47. The van der Waals surface area contributed by atoms with Gasteiger partial charge in [-0.1, -0.05) is 12.8 Å². The van der Waals surface area contributed by atoms with Crippen molar-refractivity contribution in [1.82, 2.24) is 4.90 Å². The maximum absolute atomic E-state index is 12.5. The average molecular weight is 285 g/mol. The lowest BCUT2D eigenvalue weighted by atomic mass is 9.93. The highest BCUT2D eigenvalue weighted by molar-refractivity contribution is 8.00. The molecule has 0 N–H and O–H groups in total. The Morgan fingerprint density at radius 3 is 2.79 bits per heavy atom. The maximum Gasteiger partial charge on any atom is 0.228 e. The number of thioether (sulfide) groups is 1. The molecule has 2 saturated heterocycles. The predicted octanol–water partition coefficient (Wildman–Crippen LogP) is 2.03. The van der Waals surface area contributed by atoms with Gasteiger partial charge < -0.3 is 14.4 Å². The molecule has 1 aliphatic carbocycles. The van der Waals surface area contributed by atoms with Crippen molar-refractivity contribution in [2.24, 2.45) is 0 Å². The molecule has 0 radical (unpaired) electrons. The molecule has 1 saturated carbocycles.